The van der Waals surface area contributed by atoms with Gasteiger partial charge in [-0.15, -0.1) is 0 Å². The SMILES string of the molecule is C[C@@H]1C=NC2=CC=C(I)N(C(F)F)N21. The predicted molar refractivity (Wildman–Crippen MR) is 57.8 cm³/mol. The normalized spacial score (nSPS) is 25.4. The molecule has 0 aromatic heterocycles. The molecule has 2 aliphatic heterocycles. The zero-order chi connectivity index (χ0) is 10.3. The fourth-order valence-electron chi connectivity index (χ4n) is 1.45. The Balaban J connectivity index is 2.35. The molecule has 0 saturated heterocycles. The smallest absolute Gasteiger partial charge is 0.255 e. The van der Waals surface area contributed by atoms with Gasteiger partial charge in [0.2, 0.25) is 0 Å². The lowest BCUT2D eigenvalue weighted by atomic mass is 10.3. The topological polar surface area (TPSA) is 18.8 Å². The van der Waals surface area contributed by atoms with Crippen LogP contribution < -0.4 is 0 Å². The Bertz CT molecular complexity index is 337. The molecule has 0 aromatic carbocycles. The van der Waals surface area contributed by atoms with Crippen LogP contribution in [0.1, 0.15) is 6.92 Å². The average Bonchev–Trinajstić information content (AvgIpc) is 2.47. The molecule has 3 nitrogen and oxygen atoms in total. The van der Waals surface area contributed by atoms with E-state index in [-0.39, 0.29) is 6.04 Å². The number of hydrogen-bond acceptors (Lipinski definition) is 3. The lowest BCUT2D eigenvalue weighted by Gasteiger charge is -2.38. The van der Waals surface area contributed by atoms with Crippen LogP contribution in [0.3, 0.4) is 0 Å². The molecule has 0 spiro atoms. The first-order chi connectivity index (χ1) is 6.61. The number of hydrazine groups is 1. The highest BCUT2D eigenvalue weighted by atomic mass is 127. The summed E-state index contributed by atoms with van der Waals surface area (Å²) >= 11 is 1.89. The molecule has 2 rings (SSSR count). The van der Waals surface area contributed by atoms with Crippen molar-refractivity contribution in [1.29, 1.82) is 0 Å². The van der Waals surface area contributed by atoms with Crippen molar-refractivity contribution in [2.75, 3.05) is 0 Å². The van der Waals surface area contributed by atoms with Gasteiger partial charge in [-0.2, -0.15) is 8.78 Å². The van der Waals surface area contributed by atoms with E-state index in [1.54, 1.807) is 18.4 Å². The molecule has 2 heterocycles. The summed E-state index contributed by atoms with van der Waals surface area (Å²) in [6.45, 7) is -0.708. The number of fused-ring (bicyclic) bond motifs is 1. The molecule has 6 heteroatoms. The molecular formula is C8H8F2IN3. The number of aliphatic imine (C=N–C) groups is 1. The zero-order valence-corrected chi connectivity index (χ0v) is 9.52. The summed E-state index contributed by atoms with van der Waals surface area (Å²) in [4.78, 5) is 4.04. The molecule has 2 aliphatic rings. The van der Waals surface area contributed by atoms with Gasteiger partial charge in [-0.25, -0.2) is 10.0 Å². The van der Waals surface area contributed by atoms with Gasteiger partial charge in [0.25, 0.3) is 0 Å². The molecule has 0 fully saturated rings. The maximum absolute atomic E-state index is 12.7. The summed E-state index contributed by atoms with van der Waals surface area (Å²) in [5, 5.41) is 2.44. The van der Waals surface area contributed by atoms with Crippen LogP contribution in [0.5, 0.6) is 0 Å². The standard InChI is InChI=1S/C8H8F2IN3/c1-5-4-12-7-3-2-6(11)14(8(9)10)13(5)7/h2-5,8H,1H3/t5-/m1/s1. The second-order valence-corrected chi connectivity index (χ2v) is 4.11. The van der Waals surface area contributed by atoms with E-state index in [9.17, 15) is 8.78 Å². The number of alkyl halides is 2. The van der Waals surface area contributed by atoms with Gasteiger partial charge >= 0.3 is 6.55 Å². The lowest BCUT2D eigenvalue weighted by molar-refractivity contribution is -0.115. The molecule has 0 saturated carbocycles. The first kappa shape index (κ1) is 9.88. The van der Waals surface area contributed by atoms with Crippen molar-refractivity contribution in [3.63, 3.8) is 0 Å². The monoisotopic (exact) mass is 311 g/mol. The van der Waals surface area contributed by atoms with Crippen LogP contribution in [0, 0.1) is 0 Å². The Kier molecular flexibility index (Phi) is 2.46. The summed E-state index contributed by atoms with van der Waals surface area (Å²) in [6.07, 6.45) is 5.03. The van der Waals surface area contributed by atoms with E-state index in [2.05, 4.69) is 4.99 Å². The minimum Gasteiger partial charge on any atom is -0.255 e. The summed E-state index contributed by atoms with van der Waals surface area (Å²) in [7, 11) is 0. The van der Waals surface area contributed by atoms with Gasteiger partial charge in [0.15, 0.2) is 0 Å². The molecule has 0 N–H and O–H groups in total. The Labute approximate surface area is 93.9 Å². The van der Waals surface area contributed by atoms with Gasteiger partial charge < -0.3 is 0 Å². The summed E-state index contributed by atoms with van der Waals surface area (Å²) in [6, 6.07) is -0.117. The lowest BCUT2D eigenvalue weighted by Crippen LogP contribution is -2.46. The second kappa shape index (κ2) is 3.48. The van der Waals surface area contributed by atoms with Crippen LogP contribution in [0.4, 0.5) is 8.78 Å². The van der Waals surface area contributed by atoms with E-state index < -0.39 is 6.55 Å². The number of halogens is 3. The molecule has 0 radical (unpaired) electrons. The zero-order valence-electron chi connectivity index (χ0n) is 7.36. The van der Waals surface area contributed by atoms with Gasteiger partial charge in [0.1, 0.15) is 9.52 Å². The number of rotatable bonds is 1. The van der Waals surface area contributed by atoms with E-state index in [1.165, 1.54) is 5.01 Å². The van der Waals surface area contributed by atoms with Crippen LogP contribution in [-0.2, 0) is 0 Å². The van der Waals surface area contributed by atoms with E-state index >= 15 is 0 Å². The summed E-state index contributed by atoms with van der Waals surface area (Å²) in [5.41, 5.74) is 0. The third-order valence-electron chi connectivity index (χ3n) is 2.05. The van der Waals surface area contributed by atoms with E-state index in [1.807, 2.05) is 29.5 Å². The number of hydrogen-bond donors (Lipinski definition) is 0. The quantitative estimate of drug-likeness (QED) is 0.547. The molecule has 0 amide bonds. The van der Waals surface area contributed by atoms with Crippen LogP contribution in [-0.4, -0.2) is 28.8 Å². The second-order valence-electron chi connectivity index (χ2n) is 3.00. The van der Waals surface area contributed by atoms with E-state index in [0.717, 1.165) is 5.01 Å². The molecular weight excluding hydrogens is 303 g/mol. The number of allylic oxidation sites excluding steroid dienone is 2. The highest BCUT2D eigenvalue weighted by Gasteiger charge is 2.34. The maximum atomic E-state index is 12.7. The van der Waals surface area contributed by atoms with Crippen LogP contribution in [0.25, 0.3) is 0 Å². The average molecular weight is 311 g/mol. The van der Waals surface area contributed by atoms with Gasteiger partial charge in [-0.05, 0) is 41.7 Å². The van der Waals surface area contributed by atoms with Crippen molar-refractivity contribution < 1.29 is 8.78 Å². The van der Waals surface area contributed by atoms with Crippen molar-refractivity contribution in [3.05, 3.63) is 21.7 Å². The van der Waals surface area contributed by atoms with Crippen molar-refractivity contribution in [2.45, 2.75) is 19.5 Å². The van der Waals surface area contributed by atoms with Gasteiger partial charge in [0, 0.05) is 6.21 Å². The fraction of sp³-hybridized carbons (Fsp3) is 0.375. The Morgan fingerprint density at radius 1 is 1.50 bits per heavy atom. The third kappa shape index (κ3) is 1.41. The fourth-order valence-corrected chi connectivity index (χ4v) is 2.07. The highest BCUT2D eigenvalue weighted by Crippen LogP contribution is 2.32. The molecule has 1 atom stereocenters. The Hall–Kier alpha value is -0.660. The summed E-state index contributed by atoms with van der Waals surface area (Å²) < 4.78 is 26.0. The first-order valence-corrected chi connectivity index (χ1v) is 5.17. The largest absolute Gasteiger partial charge is 0.332 e. The van der Waals surface area contributed by atoms with Gasteiger partial charge in [-0.1, -0.05) is 0 Å². The summed E-state index contributed by atoms with van der Waals surface area (Å²) in [5.74, 6) is 0.568. The highest BCUT2D eigenvalue weighted by molar-refractivity contribution is 14.1. The molecule has 0 bridgehead atoms. The molecule has 0 aliphatic carbocycles. The molecule has 76 valence electrons. The third-order valence-corrected chi connectivity index (χ3v) is 2.90. The Morgan fingerprint density at radius 3 is 2.86 bits per heavy atom. The molecule has 0 aromatic rings. The number of nitrogens with zero attached hydrogens (tertiary/aromatic N) is 3. The maximum Gasteiger partial charge on any atom is 0.332 e. The van der Waals surface area contributed by atoms with Crippen molar-refractivity contribution in [1.82, 2.24) is 10.0 Å². The minimum absolute atomic E-state index is 0.117. The van der Waals surface area contributed by atoms with Crippen molar-refractivity contribution >= 4 is 28.8 Å². The van der Waals surface area contributed by atoms with Crippen LogP contribution in [0.2, 0.25) is 0 Å². The van der Waals surface area contributed by atoms with E-state index in [4.69, 9.17) is 0 Å². The van der Waals surface area contributed by atoms with Gasteiger partial charge in [-0.3, -0.25) is 5.01 Å². The van der Waals surface area contributed by atoms with Crippen molar-refractivity contribution in [2.24, 2.45) is 4.99 Å². The first-order valence-electron chi connectivity index (χ1n) is 4.09. The van der Waals surface area contributed by atoms with Gasteiger partial charge in [0.05, 0.1) is 6.04 Å². The van der Waals surface area contributed by atoms with Crippen LogP contribution in [0.15, 0.2) is 26.7 Å². The molecule has 14 heavy (non-hydrogen) atoms. The van der Waals surface area contributed by atoms with Crippen molar-refractivity contribution in [3.8, 4) is 0 Å². The van der Waals surface area contributed by atoms with E-state index in [0.29, 0.717) is 9.52 Å². The molecule has 0 unspecified atom stereocenters. The predicted octanol–water partition coefficient (Wildman–Crippen LogP) is 2.33. The van der Waals surface area contributed by atoms with Crippen LogP contribution >= 0.6 is 22.6 Å². The Morgan fingerprint density at radius 2 is 2.21 bits per heavy atom. The minimum atomic E-state index is -2.54.